The molecule has 5 nitrogen and oxygen atoms in total. The predicted octanol–water partition coefficient (Wildman–Crippen LogP) is 2.84. The maximum atomic E-state index is 12.1. The highest BCUT2D eigenvalue weighted by atomic mass is 32.1. The number of hydrogen-bond donors (Lipinski definition) is 1. The second kappa shape index (κ2) is 7.79. The molecule has 0 spiro atoms. The summed E-state index contributed by atoms with van der Waals surface area (Å²) in [5.41, 5.74) is 1.09. The van der Waals surface area contributed by atoms with Gasteiger partial charge in [-0.2, -0.15) is 0 Å². The van der Waals surface area contributed by atoms with E-state index in [4.69, 9.17) is 4.74 Å². The molecule has 0 atom stereocenters. The number of carbonyl (C=O) groups excluding carboxylic acids is 1. The van der Waals surface area contributed by atoms with Gasteiger partial charge in [-0.05, 0) is 30.2 Å². The molecule has 124 valence electrons. The minimum absolute atomic E-state index is 0.00704. The molecule has 3 rings (SSSR count). The molecule has 0 unspecified atom stereocenters. The van der Waals surface area contributed by atoms with Crippen LogP contribution in [-0.2, 0) is 17.6 Å². The van der Waals surface area contributed by atoms with Crippen LogP contribution in [0, 0.1) is 0 Å². The molecule has 0 aliphatic rings. The molecule has 2 heterocycles. The van der Waals surface area contributed by atoms with Gasteiger partial charge in [0.2, 0.25) is 5.91 Å². The molecule has 1 amide bonds. The average Bonchev–Trinajstić information content (AvgIpc) is 3.26. The summed E-state index contributed by atoms with van der Waals surface area (Å²) in [7, 11) is 1.66. The third-order valence-electron chi connectivity index (χ3n) is 3.61. The van der Waals surface area contributed by atoms with Crippen molar-refractivity contribution < 1.29 is 9.53 Å². The van der Waals surface area contributed by atoms with Crippen molar-refractivity contribution in [3.8, 4) is 10.9 Å². The number of aromatic nitrogens is 2. The van der Waals surface area contributed by atoms with Crippen molar-refractivity contribution in [1.29, 1.82) is 0 Å². The molecule has 0 fully saturated rings. The number of ether oxygens (including phenoxy) is 1. The van der Waals surface area contributed by atoms with Gasteiger partial charge in [-0.15, -0.1) is 11.3 Å². The average molecular weight is 341 g/mol. The minimum Gasteiger partial charge on any atom is -0.496 e. The first kappa shape index (κ1) is 16.3. The molecule has 0 aliphatic heterocycles. The Bertz CT molecular complexity index is 796. The topological polar surface area (TPSA) is 56.1 Å². The van der Waals surface area contributed by atoms with Crippen molar-refractivity contribution in [2.45, 2.75) is 12.8 Å². The van der Waals surface area contributed by atoms with Crippen molar-refractivity contribution in [2.75, 3.05) is 13.7 Å². The van der Waals surface area contributed by atoms with E-state index in [1.807, 2.05) is 53.4 Å². The molecule has 1 N–H and O–H groups in total. The highest BCUT2D eigenvalue weighted by Gasteiger charge is 2.09. The molecule has 2 aromatic heterocycles. The zero-order chi connectivity index (χ0) is 16.8. The smallest absolute Gasteiger partial charge is 0.225 e. The summed E-state index contributed by atoms with van der Waals surface area (Å²) in [5.74, 6) is 0.859. The number of benzene rings is 1. The largest absolute Gasteiger partial charge is 0.496 e. The minimum atomic E-state index is 0.00704. The Morgan fingerprint density at radius 3 is 2.83 bits per heavy atom. The number of methoxy groups -OCH3 is 1. The van der Waals surface area contributed by atoms with Crippen LogP contribution >= 0.6 is 11.3 Å². The van der Waals surface area contributed by atoms with Gasteiger partial charge in [-0.1, -0.05) is 18.2 Å². The molecule has 0 bridgehead atoms. The van der Waals surface area contributed by atoms with E-state index in [1.54, 1.807) is 13.3 Å². The molecular weight excluding hydrogens is 322 g/mol. The Kier molecular flexibility index (Phi) is 5.28. The molecule has 1 aromatic carbocycles. The normalized spacial score (nSPS) is 10.5. The standard InChI is InChI=1S/C18H19N3O2S/c1-23-16-7-3-2-6-14(16)8-9-19-17(22)12-15-13-20-18(24-15)21-10-4-5-11-21/h2-7,10-11,13H,8-9,12H2,1H3,(H,19,22). The van der Waals surface area contributed by atoms with Gasteiger partial charge in [-0.25, -0.2) is 4.98 Å². The summed E-state index contributed by atoms with van der Waals surface area (Å²) in [6, 6.07) is 11.7. The third kappa shape index (κ3) is 4.02. The van der Waals surface area contributed by atoms with Crippen LogP contribution in [0.1, 0.15) is 10.4 Å². The lowest BCUT2D eigenvalue weighted by Crippen LogP contribution is -2.27. The quantitative estimate of drug-likeness (QED) is 0.719. The van der Waals surface area contributed by atoms with Gasteiger partial charge >= 0.3 is 0 Å². The number of rotatable bonds is 7. The first-order valence-corrected chi connectivity index (χ1v) is 8.54. The van der Waals surface area contributed by atoms with Crippen LogP contribution in [0.2, 0.25) is 0 Å². The Morgan fingerprint density at radius 1 is 1.25 bits per heavy atom. The summed E-state index contributed by atoms with van der Waals surface area (Å²) in [4.78, 5) is 17.4. The van der Waals surface area contributed by atoms with Gasteiger partial charge in [0.1, 0.15) is 5.75 Å². The van der Waals surface area contributed by atoms with Gasteiger partial charge < -0.3 is 14.6 Å². The number of nitrogens with zero attached hydrogens (tertiary/aromatic N) is 2. The van der Waals surface area contributed by atoms with Crippen LogP contribution in [0.15, 0.2) is 55.0 Å². The van der Waals surface area contributed by atoms with Crippen molar-refractivity contribution in [2.24, 2.45) is 0 Å². The molecule has 0 radical (unpaired) electrons. The number of nitrogens with one attached hydrogen (secondary N) is 1. The van der Waals surface area contributed by atoms with Gasteiger partial charge in [0.25, 0.3) is 0 Å². The van der Waals surface area contributed by atoms with Crippen molar-refractivity contribution in [3.63, 3.8) is 0 Å². The molecule has 24 heavy (non-hydrogen) atoms. The van der Waals surface area contributed by atoms with Gasteiger partial charge in [-0.3, -0.25) is 4.79 Å². The predicted molar refractivity (Wildman–Crippen MR) is 94.9 cm³/mol. The van der Waals surface area contributed by atoms with Gasteiger partial charge in [0.15, 0.2) is 5.13 Å². The molecule has 0 saturated carbocycles. The number of para-hydroxylation sites is 1. The van der Waals surface area contributed by atoms with Crippen molar-refractivity contribution in [3.05, 3.63) is 65.4 Å². The SMILES string of the molecule is COc1ccccc1CCNC(=O)Cc1cnc(-n2cccc2)s1. The van der Waals surface area contributed by atoms with E-state index in [9.17, 15) is 4.79 Å². The first-order valence-electron chi connectivity index (χ1n) is 7.73. The fraction of sp³-hybridized carbons (Fsp3) is 0.222. The van der Waals surface area contributed by atoms with E-state index < -0.39 is 0 Å². The number of carbonyl (C=O) groups is 1. The van der Waals surface area contributed by atoms with E-state index in [0.717, 1.165) is 27.7 Å². The van der Waals surface area contributed by atoms with Crippen molar-refractivity contribution in [1.82, 2.24) is 14.9 Å². The van der Waals surface area contributed by atoms with Crippen molar-refractivity contribution >= 4 is 17.2 Å². The summed E-state index contributed by atoms with van der Waals surface area (Å²) in [6.45, 7) is 0.586. The lowest BCUT2D eigenvalue weighted by molar-refractivity contribution is -0.120. The summed E-state index contributed by atoms with van der Waals surface area (Å²) in [6.07, 6.45) is 6.74. The van der Waals surface area contributed by atoms with Crippen LogP contribution in [0.5, 0.6) is 5.75 Å². The highest BCUT2D eigenvalue weighted by molar-refractivity contribution is 7.14. The Balaban J connectivity index is 1.49. The van der Waals surface area contributed by atoms with Crippen LogP contribution in [-0.4, -0.2) is 29.1 Å². The fourth-order valence-corrected chi connectivity index (χ4v) is 3.30. The van der Waals surface area contributed by atoms with Crippen LogP contribution < -0.4 is 10.1 Å². The maximum absolute atomic E-state index is 12.1. The first-order chi connectivity index (χ1) is 11.8. The Morgan fingerprint density at radius 2 is 2.04 bits per heavy atom. The van der Waals surface area contributed by atoms with Gasteiger partial charge in [0, 0.05) is 30.0 Å². The zero-order valence-corrected chi connectivity index (χ0v) is 14.3. The molecule has 6 heteroatoms. The van der Waals surface area contributed by atoms with Crippen LogP contribution in [0.25, 0.3) is 5.13 Å². The molecule has 3 aromatic rings. The number of hydrogen-bond acceptors (Lipinski definition) is 4. The van der Waals surface area contributed by atoms with Gasteiger partial charge in [0.05, 0.1) is 13.5 Å². The maximum Gasteiger partial charge on any atom is 0.225 e. The van der Waals surface area contributed by atoms with Crippen LogP contribution in [0.4, 0.5) is 0 Å². The second-order valence-corrected chi connectivity index (χ2v) is 6.38. The lowest BCUT2D eigenvalue weighted by Gasteiger charge is -2.08. The van der Waals surface area contributed by atoms with E-state index in [2.05, 4.69) is 10.3 Å². The Labute approximate surface area is 144 Å². The Hall–Kier alpha value is -2.60. The fourth-order valence-electron chi connectivity index (χ4n) is 2.43. The third-order valence-corrected chi connectivity index (χ3v) is 4.62. The number of thiazole rings is 1. The monoisotopic (exact) mass is 341 g/mol. The zero-order valence-electron chi connectivity index (χ0n) is 13.4. The van der Waals surface area contributed by atoms with E-state index in [0.29, 0.717) is 13.0 Å². The molecule has 0 aliphatic carbocycles. The van der Waals surface area contributed by atoms with E-state index in [1.165, 1.54) is 11.3 Å². The summed E-state index contributed by atoms with van der Waals surface area (Å²) in [5, 5.41) is 3.82. The second-order valence-electron chi connectivity index (χ2n) is 5.29. The summed E-state index contributed by atoms with van der Waals surface area (Å²) < 4.78 is 7.25. The molecular formula is C18H19N3O2S. The van der Waals surface area contributed by atoms with Crippen LogP contribution in [0.3, 0.4) is 0 Å². The van der Waals surface area contributed by atoms with E-state index in [-0.39, 0.29) is 5.91 Å². The lowest BCUT2D eigenvalue weighted by atomic mass is 10.1. The molecule has 0 saturated heterocycles. The number of amides is 1. The highest BCUT2D eigenvalue weighted by Crippen LogP contribution is 2.18. The summed E-state index contributed by atoms with van der Waals surface area (Å²) >= 11 is 1.53. The van der Waals surface area contributed by atoms with E-state index >= 15 is 0 Å².